The molecular weight excluding hydrogens is 381 g/mol. The molecule has 2 N–H and O–H groups in total. The smallest absolute Gasteiger partial charge is 0.191 e. The third-order valence-electron chi connectivity index (χ3n) is 6.33. The number of nitrogens with zero attached hydrogens (tertiary/aromatic N) is 3. The number of guanidine groups is 1. The molecule has 0 aromatic heterocycles. The van der Waals surface area contributed by atoms with Crippen LogP contribution in [0.3, 0.4) is 0 Å². The maximum Gasteiger partial charge on any atom is 0.191 e. The van der Waals surface area contributed by atoms with Crippen molar-refractivity contribution >= 4 is 5.96 Å². The Labute approximate surface area is 180 Å². The molecule has 1 saturated heterocycles. The van der Waals surface area contributed by atoms with E-state index in [1.54, 1.807) is 13.1 Å². The van der Waals surface area contributed by atoms with E-state index in [2.05, 4.69) is 20.5 Å². The summed E-state index contributed by atoms with van der Waals surface area (Å²) < 4.78 is 19.6. The largest absolute Gasteiger partial charge is 0.379 e. The van der Waals surface area contributed by atoms with Gasteiger partial charge in [-0.3, -0.25) is 9.89 Å². The van der Waals surface area contributed by atoms with Gasteiger partial charge in [-0.25, -0.2) is 4.39 Å². The van der Waals surface area contributed by atoms with E-state index in [0.29, 0.717) is 13.1 Å². The maximum atomic E-state index is 14.0. The van der Waals surface area contributed by atoms with Crippen molar-refractivity contribution in [3.8, 4) is 0 Å². The van der Waals surface area contributed by atoms with Gasteiger partial charge >= 0.3 is 0 Å². The van der Waals surface area contributed by atoms with Crippen molar-refractivity contribution in [1.29, 1.82) is 0 Å². The molecule has 6 nitrogen and oxygen atoms in total. The van der Waals surface area contributed by atoms with E-state index < -0.39 is 0 Å². The van der Waals surface area contributed by atoms with Crippen LogP contribution in [-0.2, 0) is 17.8 Å². The number of morpholine rings is 1. The Hall–Kier alpha value is -1.70. The van der Waals surface area contributed by atoms with E-state index in [9.17, 15) is 4.39 Å². The van der Waals surface area contributed by atoms with Crippen LogP contribution in [-0.4, -0.2) is 75.3 Å². The fourth-order valence-electron chi connectivity index (χ4n) is 4.71. The number of hydrogen-bond donors (Lipinski definition) is 2. The second kappa shape index (κ2) is 11.1. The zero-order valence-electron chi connectivity index (χ0n) is 18.8. The lowest BCUT2D eigenvalue weighted by molar-refractivity contribution is -0.0352. The Bertz CT molecular complexity index is 697. The lowest BCUT2D eigenvalue weighted by atomic mass is 9.80. The van der Waals surface area contributed by atoms with Gasteiger partial charge in [0.25, 0.3) is 0 Å². The van der Waals surface area contributed by atoms with E-state index in [1.165, 1.54) is 32.1 Å². The van der Waals surface area contributed by atoms with Crippen LogP contribution in [0.1, 0.15) is 43.2 Å². The maximum absolute atomic E-state index is 14.0. The van der Waals surface area contributed by atoms with Crippen molar-refractivity contribution in [3.63, 3.8) is 0 Å². The van der Waals surface area contributed by atoms with Gasteiger partial charge in [0.05, 0.1) is 13.2 Å². The average molecular weight is 420 g/mol. The van der Waals surface area contributed by atoms with Gasteiger partial charge in [0.2, 0.25) is 0 Å². The third kappa shape index (κ3) is 6.15. The van der Waals surface area contributed by atoms with Gasteiger partial charge in [-0.05, 0) is 44.6 Å². The molecule has 3 rings (SSSR count). The van der Waals surface area contributed by atoms with Crippen LogP contribution in [0.5, 0.6) is 0 Å². The first-order valence-electron chi connectivity index (χ1n) is 11.2. The van der Waals surface area contributed by atoms with Crippen molar-refractivity contribution in [2.75, 3.05) is 54.0 Å². The summed E-state index contributed by atoms with van der Waals surface area (Å²) in [7, 11) is 5.71. The van der Waals surface area contributed by atoms with Gasteiger partial charge < -0.3 is 20.3 Å². The van der Waals surface area contributed by atoms with Crippen LogP contribution in [0, 0.1) is 5.82 Å². The van der Waals surface area contributed by atoms with Gasteiger partial charge in [-0.1, -0.05) is 25.3 Å². The first-order valence-corrected chi connectivity index (χ1v) is 11.2. The summed E-state index contributed by atoms with van der Waals surface area (Å²) in [6, 6.07) is 5.33. The molecule has 1 aromatic rings. The van der Waals surface area contributed by atoms with Crippen LogP contribution in [0.25, 0.3) is 0 Å². The topological polar surface area (TPSA) is 52.1 Å². The molecule has 0 amide bonds. The number of benzene rings is 1. The molecule has 1 aliphatic carbocycles. The van der Waals surface area contributed by atoms with Gasteiger partial charge in [-0.15, -0.1) is 0 Å². The Morgan fingerprint density at radius 2 is 1.90 bits per heavy atom. The third-order valence-corrected chi connectivity index (χ3v) is 6.33. The quantitative estimate of drug-likeness (QED) is 0.526. The molecule has 1 aliphatic heterocycles. The Morgan fingerprint density at radius 3 is 2.57 bits per heavy atom. The predicted molar refractivity (Wildman–Crippen MR) is 120 cm³/mol. The highest BCUT2D eigenvalue weighted by molar-refractivity contribution is 5.79. The van der Waals surface area contributed by atoms with E-state index in [0.717, 1.165) is 49.9 Å². The molecule has 0 bridgehead atoms. The highest BCUT2D eigenvalue weighted by Crippen LogP contribution is 2.33. The summed E-state index contributed by atoms with van der Waals surface area (Å²) in [5.41, 5.74) is 1.96. The lowest BCUT2D eigenvalue weighted by Gasteiger charge is -2.48. The Kier molecular flexibility index (Phi) is 8.48. The van der Waals surface area contributed by atoms with Crippen LogP contribution in [0.15, 0.2) is 23.2 Å². The molecule has 0 spiro atoms. The second-order valence-electron chi connectivity index (χ2n) is 8.83. The summed E-state index contributed by atoms with van der Waals surface area (Å²) in [6.45, 7) is 5.78. The van der Waals surface area contributed by atoms with E-state index >= 15 is 0 Å². The molecule has 1 saturated carbocycles. The summed E-state index contributed by atoms with van der Waals surface area (Å²) in [4.78, 5) is 9.03. The van der Waals surface area contributed by atoms with Gasteiger partial charge in [0.1, 0.15) is 5.82 Å². The second-order valence-corrected chi connectivity index (χ2v) is 8.83. The summed E-state index contributed by atoms with van der Waals surface area (Å²) in [6.07, 6.45) is 6.36. The van der Waals surface area contributed by atoms with Crippen molar-refractivity contribution < 1.29 is 9.13 Å². The van der Waals surface area contributed by atoms with Gasteiger partial charge in [-0.2, -0.15) is 0 Å². The number of hydrogen-bond acceptors (Lipinski definition) is 4. The monoisotopic (exact) mass is 419 g/mol. The zero-order chi connectivity index (χ0) is 21.4. The van der Waals surface area contributed by atoms with Crippen LogP contribution < -0.4 is 10.6 Å². The van der Waals surface area contributed by atoms with Gasteiger partial charge in [0.15, 0.2) is 5.96 Å². The standard InChI is InChI=1S/C23H38FN5O/c1-25-22(26-16-19-7-8-21(24)20(15-19)17-28(2)3)27-18-23(9-5-4-6-10-23)29-11-13-30-14-12-29/h7-8,15H,4-6,9-14,16-18H2,1-3H3,(H2,25,26,27). The van der Waals surface area contributed by atoms with Crippen molar-refractivity contribution in [2.24, 2.45) is 4.99 Å². The molecule has 168 valence electrons. The van der Waals surface area contributed by atoms with Crippen LogP contribution in [0.4, 0.5) is 4.39 Å². The molecule has 2 aliphatic rings. The lowest BCUT2D eigenvalue weighted by Crippen LogP contribution is -2.60. The minimum atomic E-state index is -0.153. The molecule has 0 unspecified atom stereocenters. The molecular formula is C23H38FN5O. The number of rotatable bonds is 7. The molecule has 1 aromatic carbocycles. The molecule has 1 heterocycles. The molecule has 2 fully saturated rings. The first kappa shape index (κ1) is 23.0. The minimum absolute atomic E-state index is 0.153. The average Bonchev–Trinajstić information content (AvgIpc) is 2.77. The predicted octanol–water partition coefficient (Wildman–Crippen LogP) is 2.59. The Morgan fingerprint density at radius 1 is 1.17 bits per heavy atom. The number of nitrogens with one attached hydrogen (secondary N) is 2. The fourth-order valence-corrected chi connectivity index (χ4v) is 4.71. The number of halogens is 1. The highest BCUT2D eigenvalue weighted by Gasteiger charge is 2.38. The zero-order valence-corrected chi connectivity index (χ0v) is 18.8. The van der Waals surface area contributed by atoms with E-state index in [-0.39, 0.29) is 11.4 Å². The highest BCUT2D eigenvalue weighted by atomic mass is 19.1. The van der Waals surface area contributed by atoms with E-state index in [4.69, 9.17) is 4.74 Å². The van der Waals surface area contributed by atoms with Crippen LogP contribution >= 0.6 is 0 Å². The number of ether oxygens (including phenoxy) is 1. The summed E-state index contributed by atoms with van der Waals surface area (Å²) >= 11 is 0. The van der Waals surface area contributed by atoms with Gasteiger partial charge in [0, 0.05) is 50.9 Å². The molecule has 7 heteroatoms. The van der Waals surface area contributed by atoms with Crippen LogP contribution in [0.2, 0.25) is 0 Å². The number of aliphatic imine (C=N–C) groups is 1. The molecule has 0 radical (unpaired) electrons. The first-order chi connectivity index (χ1) is 14.5. The van der Waals surface area contributed by atoms with Crippen molar-refractivity contribution in [2.45, 2.75) is 50.7 Å². The normalized spacial score (nSPS) is 20.4. The minimum Gasteiger partial charge on any atom is -0.379 e. The SMILES string of the molecule is CN=C(NCc1ccc(F)c(CN(C)C)c1)NCC1(N2CCOCC2)CCCCC1. The summed E-state index contributed by atoms with van der Waals surface area (Å²) in [5.74, 6) is 0.645. The van der Waals surface area contributed by atoms with Crippen molar-refractivity contribution in [3.05, 3.63) is 35.1 Å². The molecule has 0 atom stereocenters. The van der Waals surface area contributed by atoms with Crippen molar-refractivity contribution in [1.82, 2.24) is 20.4 Å². The molecule has 30 heavy (non-hydrogen) atoms. The summed E-state index contributed by atoms with van der Waals surface area (Å²) in [5, 5.41) is 6.98. The van der Waals surface area contributed by atoms with E-state index in [1.807, 2.05) is 31.1 Å². The fraction of sp³-hybridized carbons (Fsp3) is 0.696. The Balaban J connectivity index is 1.58.